The number of nitrogens with one attached hydrogen (secondary N) is 2. The molecule has 0 atom stereocenters. The average Bonchev–Trinajstić information content (AvgIpc) is 3.41. The van der Waals surface area contributed by atoms with Crippen LogP contribution in [-0.4, -0.2) is 37.1 Å². The Hall–Kier alpha value is -2.96. The molecule has 3 rings (SSSR count). The molecule has 0 unspecified atom stereocenters. The van der Waals surface area contributed by atoms with Crippen molar-refractivity contribution in [2.75, 3.05) is 6.54 Å². The van der Waals surface area contributed by atoms with E-state index < -0.39 is 0 Å². The molecule has 3 aromatic heterocycles. The summed E-state index contributed by atoms with van der Waals surface area (Å²) in [7, 11) is 0. The van der Waals surface area contributed by atoms with Gasteiger partial charge in [-0.05, 0) is 30.7 Å². The molecule has 3 heterocycles. The van der Waals surface area contributed by atoms with Crippen LogP contribution in [0, 0.1) is 10.8 Å². The first-order valence-electron chi connectivity index (χ1n) is 10.8. The van der Waals surface area contributed by atoms with Crippen molar-refractivity contribution in [3.63, 3.8) is 0 Å². The summed E-state index contributed by atoms with van der Waals surface area (Å²) in [6, 6.07) is 2.34. The zero-order chi connectivity index (χ0) is 21.7. The molecule has 0 saturated heterocycles. The van der Waals surface area contributed by atoms with Gasteiger partial charge in [0.2, 0.25) is 0 Å². The van der Waals surface area contributed by atoms with Crippen LogP contribution in [0.1, 0.15) is 65.6 Å². The molecule has 2 N–H and O–H groups in total. The lowest BCUT2D eigenvalue weighted by Crippen LogP contribution is -2.25. The lowest BCUT2D eigenvalue weighted by Gasteiger charge is -2.22. The van der Waals surface area contributed by atoms with E-state index in [1.54, 1.807) is 6.20 Å². The maximum absolute atomic E-state index is 7.91. The number of hydrogen-bond donors (Lipinski definition) is 2. The molecule has 7 heteroatoms. The Morgan fingerprint density at radius 2 is 1.97 bits per heavy atom. The minimum Gasteiger partial charge on any atom is -0.390 e. The molecule has 0 amide bonds. The molecule has 0 fully saturated rings. The summed E-state index contributed by atoms with van der Waals surface area (Å²) in [5, 5.41) is 20.3. The van der Waals surface area contributed by atoms with Crippen LogP contribution in [0.2, 0.25) is 0 Å². The molecule has 0 saturated carbocycles. The third-order valence-corrected chi connectivity index (χ3v) is 5.83. The van der Waals surface area contributed by atoms with Crippen molar-refractivity contribution in [1.29, 1.82) is 5.41 Å². The predicted molar refractivity (Wildman–Crippen MR) is 123 cm³/mol. The van der Waals surface area contributed by atoms with E-state index >= 15 is 0 Å². The van der Waals surface area contributed by atoms with Gasteiger partial charge in [0.05, 0.1) is 41.5 Å². The Labute approximate surface area is 178 Å². The zero-order valence-corrected chi connectivity index (χ0v) is 18.7. The Morgan fingerprint density at radius 1 is 1.20 bits per heavy atom. The molecule has 0 aliphatic heterocycles. The smallest absolute Gasteiger partial charge is 0.0999 e. The van der Waals surface area contributed by atoms with Crippen LogP contribution in [0.5, 0.6) is 0 Å². The van der Waals surface area contributed by atoms with Crippen molar-refractivity contribution in [1.82, 2.24) is 29.7 Å². The first kappa shape index (κ1) is 21.7. The third kappa shape index (κ3) is 4.61. The van der Waals surface area contributed by atoms with Crippen molar-refractivity contribution in [2.45, 2.75) is 59.9 Å². The van der Waals surface area contributed by atoms with E-state index in [0.717, 1.165) is 42.6 Å². The van der Waals surface area contributed by atoms with E-state index in [0.29, 0.717) is 17.3 Å². The first-order valence-corrected chi connectivity index (χ1v) is 10.8. The van der Waals surface area contributed by atoms with E-state index in [1.165, 1.54) is 6.21 Å². The number of aromatic nitrogens is 5. The van der Waals surface area contributed by atoms with Crippen molar-refractivity contribution >= 4 is 17.3 Å². The summed E-state index contributed by atoms with van der Waals surface area (Å²) in [4.78, 5) is 4.90. The van der Waals surface area contributed by atoms with E-state index in [1.807, 2.05) is 33.9 Å². The van der Waals surface area contributed by atoms with E-state index in [4.69, 9.17) is 10.4 Å². The SMILES string of the molecule is CCC(CC)n1cc(-c2nc(/C(C=N)=C/NCC(C)(C)CC)cn3nccc23)cn1. The summed E-state index contributed by atoms with van der Waals surface area (Å²) >= 11 is 0. The van der Waals surface area contributed by atoms with Crippen LogP contribution in [-0.2, 0) is 0 Å². The summed E-state index contributed by atoms with van der Waals surface area (Å²) in [5.41, 5.74) is 4.31. The Morgan fingerprint density at radius 3 is 2.63 bits per heavy atom. The van der Waals surface area contributed by atoms with Gasteiger partial charge in [-0.25, -0.2) is 9.50 Å². The molecule has 0 aromatic carbocycles. The van der Waals surface area contributed by atoms with Crippen LogP contribution in [0.25, 0.3) is 22.3 Å². The standard InChI is InChI=1S/C23H33N7/c1-6-19(7-2)29-14-18(13-27-29)22-21-9-10-26-30(21)15-20(28-22)17(11-24)12-25-16-23(4,5)8-3/h9-15,19,24-25H,6-8,16H2,1-5H3/b17-12+,24-11?. The van der Waals surface area contributed by atoms with Gasteiger partial charge in [0, 0.05) is 36.3 Å². The minimum absolute atomic E-state index is 0.192. The normalized spacial score (nSPS) is 12.7. The van der Waals surface area contributed by atoms with Gasteiger partial charge in [0.15, 0.2) is 0 Å². The van der Waals surface area contributed by atoms with Crippen molar-refractivity contribution in [3.05, 3.63) is 42.7 Å². The van der Waals surface area contributed by atoms with Gasteiger partial charge in [0.1, 0.15) is 0 Å². The Kier molecular flexibility index (Phi) is 6.70. The van der Waals surface area contributed by atoms with Gasteiger partial charge in [-0.2, -0.15) is 10.2 Å². The van der Waals surface area contributed by atoms with Gasteiger partial charge in [-0.3, -0.25) is 4.68 Å². The quantitative estimate of drug-likeness (QED) is 0.465. The van der Waals surface area contributed by atoms with Crippen LogP contribution >= 0.6 is 0 Å². The average molecular weight is 408 g/mol. The molecule has 160 valence electrons. The Bertz CT molecular complexity index is 1020. The third-order valence-electron chi connectivity index (χ3n) is 5.83. The van der Waals surface area contributed by atoms with Gasteiger partial charge in [-0.15, -0.1) is 0 Å². The van der Waals surface area contributed by atoms with Gasteiger partial charge >= 0.3 is 0 Å². The van der Waals surface area contributed by atoms with Crippen LogP contribution in [0.3, 0.4) is 0 Å². The lowest BCUT2D eigenvalue weighted by atomic mass is 9.90. The molecular formula is C23H33N7. The fourth-order valence-corrected chi connectivity index (χ4v) is 3.35. The van der Waals surface area contributed by atoms with Crippen molar-refractivity contribution in [3.8, 4) is 11.3 Å². The van der Waals surface area contributed by atoms with Crippen LogP contribution in [0.4, 0.5) is 0 Å². The maximum Gasteiger partial charge on any atom is 0.0999 e. The largest absolute Gasteiger partial charge is 0.390 e. The summed E-state index contributed by atoms with van der Waals surface area (Å²) in [5.74, 6) is 0. The first-order chi connectivity index (χ1) is 14.4. The van der Waals surface area contributed by atoms with E-state index in [-0.39, 0.29) is 5.41 Å². The molecule has 0 bridgehead atoms. The topological polar surface area (TPSA) is 83.9 Å². The van der Waals surface area contributed by atoms with Gasteiger partial charge < -0.3 is 10.7 Å². The highest BCUT2D eigenvalue weighted by Crippen LogP contribution is 2.26. The lowest BCUT2D eigenvalue weighted by molar-refractivity contribution is 0.345. The zero-order valence-electron chi connectivity index (χ0n) is 18.7. The van der Waals surface area contributed by atoms with Gasteiger partial charge in [-0.1, -0.05) is 34.6 Å². The second kappa shape index (κ2) is 9.24. The number of rotatable bonds is 10. The highest BCUT2D eigenvalue weighted by atomic mass is 15.3. The summed E-state index contributed by atoms with van der Waals surface area (Å²) in [6.07, 6.45) is 13.9. The molecule has 7 nitrogen and oxygen atoms in total. The maximum atomic E-state index is 7.91. The monoisotopic (exact) mass is 407 g/mol. The van der Waals surface area contributed by atoms with Crippen molar-refractivity contribution < 1.29 is 0 Å². The van der Waals surface area contributed by atoms with E-state index in [2.05, 4.69) is 56.3 Å². The summed E-state index contributed by atoms with van der Waals surface area (Å²) < 4.78 is 3.84. The van der Waals surface area contributed by atoms with Crippen molar-refractivity contribution in [2.24, 2.45) is 5.41 Å². The van der Waals surface area contributed by atoms with Crippen LogP contribution < -0.4 is 5.32 Å². The number of fused-ring (bicyclic) bond motifs is 1. The fraction of sp³-hybridized carbons (Fsp3) is 0.478. The second-order valence-corrected chi connectivity index (χ2v) is 8.46. The molecule has 0 radical (unpaired) electrons. The predicted octanol–water partition coefficient (Wildman–Crippen LogP) is 4.97. The number of nitrogens with zero attached hydrogens (tertiary/aromatic N) is 5. The summed E-state index contributed by atoms with van der Waals surface area (Å²) in [6.45, 7) is 11.8. The second-order valence-electron chi connectivity index (χ2n) is 8.46. The van der Waals surface area contributed by atoms with Gasteiger partial charge in [0.25, 0.3) is 0 Å². The molecule has 0 aliphatic carbocycles. The molecule has 0 aliphatic rings. The molecule has 3 aromatic rings. The van der Waals surface area contributed by atoms with E-state index in [9.17, 15) is 0 Å². The Balaban J connectivity index is 1.99. The molecular weight excluding hydrogens is 374 g/mol. The highest BCUT2D eigenvalue weighted by molar-refractivity contribution is 6.07. The fourth-order valence-electron chi connectivity index (χ4n) is 3.35. The number of allylic oxidation sites excluding steroid dienone is 1. The minimum atomic E-state index is 0.192. The van der Waals surface area contributed by atoms with Crippen LogP contribution in [0.15, 0.2) is 37.1 Å². The number of hydrogen-bond acceptors (Lipinski definition) is 5. The molecule has 0 spiro atoms. The highest BCUT2D eigenvalue weighted by Gasteiger charge is 2.16. The molecule has 30 heavy (non-hydrogen) atoms.